The van der Waals surface area contributed by atoms with Crippen LogP contribution in [0.4, 0.5) is 5.13 Å². The van der Waals surface area contributed by atoms with Gasteiger partial charge in [-0.15, -0.1) is 0 Å². The molecule has 116 valence electrons. The molecular weight excluding hydrogens is 284 g/mol. The van der Waals surface area contributed by atoms with Crippen LogP contribution in [-0.4, -0.2) is 17.6 Å². The molecule has 0 fully saturated rings. The van der Waals surface area contributed by atoms with Crippen molar-refractivity contribution < 1.29 is 9.53 Å². The number of hydrogen-bond acceptors (Lipinski definition) is 5. The summed E-state index contributed by atoms with van der Waals surface area (Å²) in [6, 6.07) is 9.46. The number of ether oxygens (including phenoxy) is 1. The van der Waals surface area contributed by atoms with Crippen molar-refractivity contribution in [2.45, 2.75) is 34.6 Å². The Labute approximate surface area is 131 Å². The van der Waals surface area contributed by atoms with Crippen LogP contribution < -0.4 is 5.73 Å². The Hall–Kier alpha value is -1.88. The van der Waals surface area contributed by atoms with E-state index in [4.69, 9.17) is 10.5 Å². The summed E-state index contributed by atoms with van der Waals surface area (Å²) < 4.78 is 4.98. The Kier molecular flexibility index (Phi) is 9.88. The lowest BCUT2D eigenvalue weighted by Gasteiger charge is -2.01. The van der Waals surface area contributed by atoms with E-state index in [9.17, 15) is 4.79 Å². The molecule has 2 N–H and O–H groups in total. The third-order valence-corrected chi connectivity index (χ3v) is 3.02. The molecule has 0 aliphatic heterocycles. The number of benzene rings is 1. The monoisotopic (exact) mass is 308 g/mol. The SMILES string of the molecule is CC.CC.CCOC(=O)c1sc(N)nc1-c1ccccc1. The van der Waals surface area contributed by atoms with Crippen molar-refractivity contribution in [2.75, 3.05) is 12.3 Å². The zero-order valence-corrected chi connectivity index (χ0v) is 14.2. The van der Waals surface area contributed by atoms with Crippen molar-refractivity contribution in [2.24, 2.45) is 0 Å². The molecule has 0 saturated heterocycles. The third kappa shape index (κ3) is 5.55. The molecule has 0 radical (unpaired) electrons. The molecule has 1 aromatic heterocycles. The first kappa shape index (κ1) is 19.1. The topological polar surface area (TPSA) is 65.2 Å². The fourth-order valence-electron chi connectivity index (χ4n) is 1.46. The molecule has 0 bridgehead atoms. The van der Waals surface area contributed by atoms with Crippen molar-refractivity contribution in [3.05, 3.63) is 35.2 Å². The maximum absolute atomic E-state index is 11.7. The maximum atomic E-state index is 11.7. The van der Waals surface area contributed by atoms with Gasteiger partial charge in [0.15, 0.2) is 5.13 Å². The lowest BCUT2D eigenvalue weighted by Crippen LogP contribution is -2.03. The molecule has 0 spiro atoms. The molecule has 0 unspecified atom stereocenters. The third-order valence-electron chi connectivity index (χ3n) is 2.15. The molecule has 0 atom stereocenters. The van der Waals surface area contributed by atoms with Crippen LogP contribution in [0.3, 0.4) is 0 Å². The van der Waals surface area contributed by atoms with E-state index in [0.29, 0.717) is 22.3 Å². The Morgan fingerprint density at radius 1 is 1.19 bits per heavy atom. The lowest BCUT2D eigenvalue weighted by molar-refractivity contribution is 0.0532. The number of nitrogens with two attached hydrogens (primary N) is 1. The molecule has 0 saturated carbocycles. The molecule has 0 amide bonds. The number of nitrogen functional groups attached to an aromatic ring is 1. The van der Waals surface area contributed by atoms with E-state index >= 15 is 0 Å². The van der Waals surface area contributed by atoms with E-state index in [-0.39, 0.29) is 5.97 Å². The first-order chi connectivity index (χ1) is 10.2. The summed E-state index contributed by atoms with van der Waals surface area (Å²) >= 11 is 1.15. The fraction of sp³-hybridized carbons (Fsp3) is 0.375. The number of hydrogen-bond donors (Lipinski definition) is 1. The number of carbonyl (C=O) groups is 1. The highest BCUT2D eigenvalue weighted by atomic mass is 32.1. The quantitative estimate of drug-likeness (QED) is 0.840. The Bertz CT molecular complexity index is 524. The van der Waals surface area contributed by atoms with E-state index in [1.54, 1.807) is 6.92 Å². The number of nitrogens with zero attached hydrogens (tertiary/aromatic N) is 1. The van der Waals surface area contributed by atoms with Gasteiger partial charge in [-0.25, -0.2) is 9.78 Å². The predicted octanol–water partition coefficient (Wildman–Crippen LogP) is 4.62. The Morgan fingerprint density at radius 3 is 2.29 bits per heavy atom. The summed E-state index contributed by atoms with van der Waals surface area (Å²) in [4.78, 5) is 16.4. The van der Waals surface area contributed by atoms with Gasteiger partial charge in [-0.05, 0) is 6.92 Å². The first-order valence-electron chi connectivity index (χ1n) is 7.21. The minimum Gasteiger partial charge on any atom is -0.462 e. The average molecular weight is 308 g/mol. The number of rotatable bonds is 3. The van der Waals surface area contributed by atoms with Crippen molar-refractivity contribution in [1.82, 2.24) is 4.98 Å². The number of aromatic nitrogens is 1. The first-order valence-corrected chi connectivity index (χ1v) is 8.03. The fourth-order valence-corrected chi connectivity index (χ4v) is 2.21. The molecule has 1 aromatic carbocycles. The van der Waals surface area contributed by atoms with Crippen LogP contribution in [0, 0.1) is 0 Å². The molecule has 0 aliphatic carbocycles. The normalized spacial score (nSPS) is 8.81. The van der Waals surface area contributed by atoms with Gasteiger partial charge in [0.2, 0.25) is 0 Å². The van der Waals surface area contributed by atoms with E-state index in [2.05, 4.69) is 4.98 Å². The van der Waals surface area contributed by atoms with Crippen LogP contribution in [0.5, 0.6) is 0 Å². The van der Waals surface area contributed by atoms with E-state index in [0.717, 1.165) is 16.9 Å². The maximum Gasteiger partial charge on any atom is 0.350 e. The second-order valence-corrected chi connectivity index (χ2v) is 4.35. The van der Waals surface area contributed by atoms with Crippen molar-refractivity contribution in [1.29, 1.82) is 0 Å². The number of anilines is 1. The second kappa shape index (κ2) is 10.9. The lowest BCUT2D eigenvalue weighted by atomic mass is 10.1. The highest BCUT2D eigenvalue weighted by molar-refractivity contribution is 7.17. The van der Waals surface area contributed by atoms with Crippen LogP contribution in [0.25, 0.3) is 11.3 Å². The van der Waals surface area contributed by atoms with Crippen LogP contribution in [0.15, 0.2) is 30.3 Å². The van der Waals surface area contributed by atoms with Gasteiger partial charge < -0.3 is 10.5 Å². The zero-order valence-electron chi connectivity index (χ0n) is 13.3. The van der Waals surface area contributed by atoms with Crippen LogP contribution >= 0.6 is 11.3 Å². The van der Waals surface area contributed by atoms with Crippen LogP contribution in [0.1, 0.15) is 44.3 Å². The summed E-state index contributed by atoms with van der Waals surface area (Å²) in [5, 5.41) is 0.368. The van der Waals surface area contributed by atoms with E-state index in [1.165, 1.54) is 0 Å². The molecule has 2 aromatic rings. The zero-order chi connectivity index (χ0) is 16.3. The number of thiazole rings is 1. The standard InChI is InChI=1S/C12H12N2O2S.2C2H6/c1-2-16-11(15)10-9(14-12(13)17-10)8-6-4-3-5-7-8;2*1-2/h3-7H,2H2,1H3,(H2,13,14);2*1-2H3. The van der Waals surface area contributed by atoms with Gasteiger partial charge in [0.05, 0.1) is 12.3 Å². The van der Waals surface area contributed by atoms with E-state index in [1.807, 2.05) is 58.0 Å². The molecule has 1 heterocycles. The molecule has 0 aliphatic rings. The molecule has 5 heteroatoms. The summed E-state index contributed by atoms with van der Waals surface area (Å²) in [5.74, 6) is -0.374. The largest absolute Gasteiger partial charge is 0.462 e. The predicted molar refractivity (Wildman–Crippen MR) is 90.6 cm³/mol. The van der Waals surface area contributed by atoms with Gasteiger partial charge in [0.1, 0.15) is 4.88 Å². The van der Waals surface area contributed by atoms with Gasteiger partial charge in [-0.1, -0.05) is 69.4 Å². The van der Waals surface area contributed by atoms with Crippen molar-refractivity contribution >= 4 is 22.4 Å². The van der Waals surface area contributed by atoms with Crippen molar-refractivity contribution in [3.8, 4) is 11.3 Å². The summed E-state index contributed by atoms with van der Waals surface area (Å²) in [7, 11) is 0. The van der Waals surface area contributed by atoms with Crippen LogP contribution in [0.2, 0.25) is 0 Å². The molecular formula is C16H24N2O2S. The van der Waals surface area contributed by atoms with Crippen LogP contribution in [-0.2, 0) is 4.74 Å². The summed E-state index contributed by atoms with van der Waals surface area (Å²) in [6.45, 7) is 10.1. The highest BCUT2D eigenvalue weighted by Crippen LogP contribution is 2.29. The minimum atomic E-state index is -0.374. The number of carbonyl (C=O) groups excluding carboxylic acids is 1. The van der Waals surface area contributed by atoms with Gasteiger partial charge in [0, 0.05) is 5.56 Å². The van der Waals surface area contributed by atoms with Gasteiger partial charge in [-0.2, -0.15) is 0 Å². The molecule has 21 heavy (non-hydrogen) atoms. The summed E-state index contributed by atoms with van der Waals surface area (Å²) in [5.41, 5.74) is 7.10. The van der Waals surface area contributed by atoms with Gasteiger partial charge >= 0.3 is 5.97 Å². The molecule has 2 rings (SSSR count). The Morgan fingerprint density at radius 2 is 1.76 bits per heavy atom. The average Bonchev–Trinajstić information content (AvgIpc) is 2.94. The highest BCUT2D eigenvalue weighted by Gasteiger charge is 2.19. The Balaban J connectivity index is 0.000000921. The second-order valence-electron chi connectivity index (χ2n) is 3.32. The minimum absolute atomic E-state index is 0.338. The summed E-state index contributed by atoms with van der Waals surface area (Å²) in [6.07, 6.45) is 0. The number of esters is 1. The van der Waals surface area contributed by atoms with E-state index < -0.39 is 0 Å². The van der Waals surface area contributed by atoms with Crippen molar-refractivity contribution in [3.63, 3.8) is 0 Å². The molecule has 4 nitrogen and oxygen atoms in total. The van der Waals surface area contributed by atoms with Gasteiger partial charge in [-0.3, -0.25) is 0 Å². The van der Waals surface area contributed by atoms with Gasteiger partial charge in [0.25, 0.3) is 0 Å². The smallest absolute Gasteiger partial charge is 0.350 e.